The van der Waals surface area contributed by atoms with Gasteiger partial charge >= 0.3 is 5.97 Å². The van der Waals surface area contributed by atoms with Gasteiger partial charge < -0.3 is 19.1 Å². The maximum Gasteiger partial charge on any atom is 0.337 e. The Kier molecular flexibility index (Phi) is 9.22. The van der Waals surface area contributed by atoms with Crippen LogP contribution in [0.15, 0.2) is 36.4 Å². The first-order chi connectivity index (χ1) is 21.1. The van der Waals surface area contributed by atoms with Crippen molar-refractivity contribution in [1.29, 1.82) is 0 Å². The van der Waals surface area contributed by atoms with E-state index in [1.54, 1.807) is 13.2 Å². The summed E-state index contributed by atoms with van der Waals surface area (Å²) < 4.78 is 47.0. The lowest BCUT2D eigenvalue weighted by Crippen LogP contribution is -2.51. The van der Waals surface area contributed by atoms with Crippen LogP contribution < -0.4 is 9.64 Å². The number of esters is 1. The average molecular weight is 646 g/mol. The highest BCUT2D eigenvalue weighted by Crippen LogP contribution is 2.48. The zero-order valence-electron chi connectivity index (χ0n) is 25.9. The maximum absolute atomic E-state index is 12.6. The van der Waals surface area contributed by atoms with Crippen LogP contribution in [0.3, 0.4) is 0 Å². The second-order valence-electron chi connectivity index (χ2n) is 13.3. The quantitative estimate of drug-likeness (QED) is 0.249. The number of methoxy groups -OCH3 is 2. The van der Waals surface area contributed by atoms with E-state index in [4.69, 9.17) is 30.0 Å². The van der Waals surface area contributed by atoms with Crippen LogP contribution in [-0.4, -0.2) is 66.8 Å². The highest BCUT2D eigenvalue weighted by molar-refractivity contribution is 7.86. The molecule has 3 aliphatic carbocycles. The van der Waals surface area contributed by atoms with Gasteiger partial charge in [-0.05, 0) is 111 Å². The lowest BCUT2D eigenvalue weighted by atomic mass is 9.65. The van der Waals surface area contributed by atoms with Gasteiger partial charge in [0.1, 0.15) is 5.75 Å². The average Bonchev–Trinajstić information content (AvgIpc) is 3.13. The third-order valence-electron chi connectivity index (χ3n) is 10.5. The van der Waals surface area contributed by atoms with Gasteiger partial charge in [0.05, 0.1) is 43.4 Å². The Morgan fingerprint density at radius 3 is 2.68 bits per heavy atom. The summed E-state index contributed by atoms with van der Waals surface area (Å²) in [6.07, 6.45) is 9.51. The molecule has 0 radical (unpaired) electrons. The van der Waals surface area contributed by atoms with Gasteiger partial charge in [0.15, 0.2) is 0 Å². The standard InChI is InChI=1S/C34H44ClNO7S/c1-40-32(23-6-4-8-27(17-23)43-44(3,38)39)28-12-9-25(28)19-36-20-34(15-5-7-22-16-26(35)11-13-29(22)34)21-42-31-14-10-24(18-30(31)36)33(37)41-2/h10-11,13-14,16,18,23,25,27-28,32H,4-9,12,15,17,19-21H2,1-3H3/t23-,25-,27+,28+,32?,34-/m0/s1. The van der Waals surface area contributed by atoms with Gasteiger partial charge in [-0.3, -0.25) is 4.18 Å². The molecule has 10 heteroatoms. The van der Waals surface area contributed by atoms with E-state index in [9.17, 15) is 13.2 Å². The minimum Gasteiger partial charge on any atom is -0.490 e. The molecule has 6 rings (SSSR count). The summed E-state index contributed by atoms with van der Waals surface area (Å²) in [4.78, 5) is 15.0. The van der Waals surface area contributed by atoms with Crippen molar-refractivity contribution in [3.8, 4) is 5.75 Å². The topological polar surface area (TPSA) is 91.4 Å². The minimum absolute atomic E-state index is 0.0373. The van der Waals surface area contributed by atoms with E-state index >= 15 is 0 Å². The molecule has 6 atom stereocenters. The molecular weight excluding hydrogens is 602 g/mol. The molecule has 1 unspecified atom stereocenters. The van der Waals surface area contributed by atoms with E-state index in [1.807, 2.05) is 18.2 Å². The normalized spacial score (nSPS) is 29.0. The molecule has 1 aliphatic heterocycles. The van der Waals surface area contributed by atoms with Crippen LogP contribution in [0, 0.1) is 17.8 Å². The Morgan fingerprint density at radius 2 is 1.95 bits per heavy atom. The molecule has 2 saturated carbocycles. The third kappa shape index (κ3) is 6.48. The van der Waals surface area contributed by atoms with E-state index in [0.29, 0.717) is 30.4 Å². The van der Waals surface area contributed by atoms with Crippen LogP contribution in [0.5, 0.6) is 5.75 Å². The lowest BCUT2D eigenvalue weighted by molar-refractivity contribution is -0.0693. The number of hydrogen-bond donors (Lipinski definition) is 0. The van der Waals surface area contributed by atoms with Crippen molar-refractivity contribution in [1.82, 2.24) is 0 Å². The van der Waals surface area contributed by atoms with Gasteiger partial charge in [-0.1, -0.05) is 24.1 Å². The molecule has 1 spiro atoms. The molecule has 0 aromatic heterocycles. The predicted molar refractivity (Wildman–Crippen MR) is 170 cm³/mol. The number of benzene rings is 2. The van der Waals surface area contributed by atoms with E-state index in [-0.39, 0.29) is 29.5 Å². The fraction of sp³-hybridized carbons (Fsp3) is 0.618. The van der Waals surface area contributed by atoms with E-state index in [1.165, 1.54) is 18.2 Å². The number of fused-ring (bicyclic) bond motifs is 3. The van der Waals surface area contributed by atoms with Crippen LogP contribution in [0.1, 0.15) is 72.9 Å². The summed E-state index contributed by atoms with van der Waals surface area (Å²) in [5.74, 6) is 1.40. The number of ether oxygens (including phenoxy) is 3. The van der Waals surface area contributed by atoms with Gasteiger partial charge in [-0.25, -0.2) is 4.79 Å². The molecule has 1 heterocycles. The Bertz CT molecular complexity index is 1480. The van der Waals surface area contributed by atoms with Crippen LogP contribution >= 0.6 is 11.6 Å². The SMILES string of the molecule is COC(=O)c1ccc2c(c1)N(C[C@@H]1CC[C@H]1C(OC)[C@H]1CCC[C@@H](OS(C)(=O)=O)C1)C[C@@]1(CCCc3cc(Cl)ccc31)CO2. The van der Waals surface area contributed by atoms with Crippen molar-refractivity contribution in [2.75, 3.05) is 45.1 Å². The molecule has 240 valence electrons. The number of aryl methyl sites for hydroxylation is 1. The number of hydrogen-bond acceptors (Lipinski definition) is 8. The molecule has 0 N–H and O–H groups in total. The number of halogens is 1. The van der Waals surface area contributed by atoms with Crippen molar-refractivity contribution in [2.24, 2.45) is 17.8 Å². The Morgan fingerprint density at radius 1 is 1.11 bits per heavy atom. The molecule has 2 fully saturated rings. The number of carbonyl (C=O) groups excluding carboxylic acids is 1. The van der Waals surface area contributed by atoms with Gasteiger partial charge in [0.25, 0.3) is 10.1 Å². The molecule has 0 saturated heterocycles. The van der Waals surface area contributed by atoms with Gasteiger partial charge in [0.2, 0.25) is 0 Å². The predicted octanol–water partition coefficient (Wildman–Crippen LogP) is 6.18. The zero-order chi connectivity index (χ0) is 31.1. The van der Waals surface area contributed by atoms with Crippen molar-refractivity contribution < 1.29 is 31.6 Å². The van der Waals surface area contributed by atoms with E-state index < -0.39 is 10.1 Å². The third-order valence-corrected chi connectivity index (χ3v) is 11.4. The lowest BCUT2D eigenvalue weighted by Gasteiger charge is -2.48. The summed E-state index contributed by atoms with van der Waals surface area (Å²) in [6.45, 7) is 2.14. The summed E-state index contributed by atoms with van der Waals surface area (Å²) in [6, 6.07) is 11.9. The molecule has 4 aliphatic rings. The molecule has 0 amide bonds. The molecule has 0 bridgehead atoms. The number of carbonyl (C=O) groups is 1. The monoisotopic (exact) mass is 645 g/mol. The molecular formula is C34H44ClNO7S. The summed E-state index contributed by atoms with van der Waals surface area (Å²) in [5.41, 5.74) is 3.81. The Balaban J connectivity index is 1.29. The number of nitrogens with zero attached hydrogens (tertiary/aromatic N) is 1. The smallest absolute Gasteiger partial charge is 0.337 e. The van der Waals surface area contributed by atoms with Crippen molar-refractivity contribution >= 4 is 33.4 Å². The largest absolute Gasteiger partial charge is 0.490 e. The minimum atomic E-state index is -3.50. The fourth-order valence-electron chi connectivity index (χ4n) is 8.43. The van der Waals surface area contributed by atoms with Gasteiger partial charge in [-0.15, -0.1) is 0 Å². The second kappa shape index (κ2) is 12.8. The van der Waals surface area contributed by atoms with Crippen molar-refractivity contribution in [3.05, 3.63) is 58.1 Å². The molecule has 2 aromatic carbocycles. The van der Waals surface area contributed by atoms with Crippen molar-refractivity contribution in [3.63, 3.8) is 0 Å². The molecule has 44 heavy (non-hydrogen) atoms. The zero-order valence-corrected chi connectivity index (χ0v) is 27.5. The van der Waals surface area contributed by atoms with Crippen LogP contribution in [-0.2, 0) is 35.6 Å². The van der Waals surface area contributed by atoms with Gasteiger partial charge in [0, 0.05) is 30.6 Å². The van der Waals surface area contributed by atoms with Crippen molar-refractivity contribution in [2.45, 2.75) is 75.4 Å². The fourth-order valence-corrected chi connectivity index (χ4v) is 9.29. The first kappa shape index (κ1) is 31.6. The molecule has 8 nitrogen and oxygen atoms in total. The van der Waals surface area contributed by atoms with E-state index in [2.05, 4.69) is 17.0 Å². The first-order valence-corrected chi connectivity index (χ1v) is 18.1. The van der Waals surface area contributed by atoms with Gasteiger partial charge in [-0.2, -0.15) is 8.42 Å². The van der Waals surface area contributed by atoms with Crippen LogP contribution in [0.2, 0.25) is 5.02 Å². The summed E-state index contributed by atoms with van der Waals surface area (Å²) in [5, 5.41) is 0.757. The van der Waals surface area contributed by atoms with Crippen LogP contribution in [0.4, 0.5) is 5.69 Å². The van der Waals surface area contributed by atoms with Crippen LogP contribution in [0.25, 0.3) is 0 Å². The first-order valence-electron chi connectivity index (χ1n) is 15.9. The Hall–Kier alpha value is -2.33. The number of anilines is 1. The van der Waals surface area contributed by atoms with E-state index in [0.717, 1.165) is 87.2 Å². The maximum atomic E-state index is 12.6. The second-order valence-corrected chi connectivity index (χ2v) is 15.4. The highest BCUT2D eigenvalue weighted by atomic mass is 35.5. The Labute approximate surface area is 266 Å². The molecule has 2 aromatic rings. The summed E-state index contributed by atoms with van der Waals surface area (Å²) in [7, 11) is -0.308. The number of rotatable bonds is 8. The summed E-state index contributed by atoms with van der Waals surface area (Å²) >= 11 is 6.42. The highest BCUT2D eigenvalue weighted by Gasteiger charge is 2.46.